The number of rotatable bonds is 4. The van der Waals surface area contributed by atoms with Crippen LogP contribution in [0.5, 0.6) is 0 Å². The summed E-state index contributed by atoms with van der Waals surface area (Å²) >= 11 is 7.29. The summed E-state index contributed by atoms with van der Waals surface area (Å²) in [6.45, 7) is 0.650. The molecule has 19 heavy (non-hydrogen) atoms. The molecular formula is C12H9ClN4OS. The Morgan fingerprint density at radius 3 is 2.74 bits per heavy atom. The van der Waals surface area contributed by atoms with E-state index >= 15 is 0 Å². The predicted molar refractivity (Wildman–Crippen MR) is 74.2 cm³/mol. The third-order valence-electron chi connectivity index (χ3n) is 2.46. The lowest BCUT2D eigenvalue weighted by Gasteiger charge is -2.04. The molecule has 3 aromatic rings. The van der Waals surface area contributed by atoms with Crippen molar-refractivity contribution in [2.45, 2.75) is 6.54 Å². The molecule has 0 amide bonds. The Labute approximate surface area is 118 Å². The molecule has 3 rings (SSSR count). The molecule has 0 atom stereocenters. The van der Waals surface area contributed by atoms with Crippen LogP contribution in [0.1, 0.15) is 5.01 Å². The summed E-state index contributed by atoms with van der Waals surface area (Å²) in [7, 11) is 0. The van der Waals surface area contributed by atoms with Crippen LogP contribution < -0.4 is 5.32 Å². The highest BCUT2D eigenvalue weighted by Gasteiger charge is 2.03. The van der Waals surface area contributed by atoms with Gasteiger partial charge in [-0.05, 0) is 24.3 Å². The van der Waals surface area contributed by atoms with E-state index in [1.807, 2.05) is 24.3 Å². The number of hydrogen-bond donors (Lipinski definition) is 1. The molecule has 0 aliphatic rings. The highest BCUT2D eigenvalue weighted by atomic mass is 35.5. The van der Waals surface area contributed by atoms with Gasteiger partial charge in [0.25, 0.3) is 0 Å². The Morgan fingerprint density at radius 2 is 2.11 bits per heavy atom. The van der Waals surface area contributed by atoms with Crippen molar-refractivity contribution in [3.05, 3.63) is 46.2 Å². The molecule has 0 aliphatic carbocycles. The molecule has 0 spiro atoms. The first-order chi connectivity index (χ1) is 9.31. The maximum atomic E-state index is 5.82. The van der Waals surface area contributed by atoms with Gasteiger partial charge in [-0.15, -0.1) is 21.5 Å². The van der Waals surface area contributed by atoms with Crippen LogP contribution in [-0.4, -0.2) is 15.2 Å². The number of aromatic nitrogens is 3. The predicted octanol–water partition coefficient (Wildman–Crippen LogP) is 3.46. The number of benzene rings is 1. The lowest BCUT2D eigenvalue weighted by Crippen LogP contribution is -1.98. The number of halogens is 1. The monoisotopic (exact) mass is 292 g/mol. The summed E-state index contributed by atoms with van der Waals surface area (Å²) in [5.41, 5.74) is 1.88. The van der Waals surface area contributed by atoms with Gasteiger partial charge in [-0.3, -0.25) is 0 Å². The van der Waals surface area contributed by atoms with Gasteiger partial charge >= 0.3 is 0 Å². The maximum Gasteiger partial charge on any atom is 0.247 e. The largest absolute Gasteiger partial charge is 0.423 e. The Morgan fingerprint density at radius 1 is 1.26 bits per heavy atom. The van der Waals surface area contributed by atoms with Crippen molar-refractivity contribution in [3.63, 3.8) is 0 Å². The third kappa shape index (κ3) is 2.91. The van der Waals surface area contributed by atoms with E-state index in [4.69, 9.17) is 16.0 Å². The fraction of sp³-hybridized carbons (Fsp3) is 0.0833. The molecule has 1 aromatic carbocycles. The van der Waals surface area contributed by atoms with Gasteiger partial charge < -0.3 is 9.73 Å². The lowest BCUT2D eigenvalue weighted by atomic mass is 10.2. The highest BCUT2D eigenvalue weighted by molar-refractivity contribution is 7.15. The average Bonchev–Trinajstić information content (AvgIpc) is 3.08. The summed E-state index contributed by atoms with van der Waals surface area (Å²) in [4.78, 5) is 4.18. The molecule has 5 nitrogen and oxygen atoms in total. The van der Waals surface area contributed by atoms with E-state index in [0.717, 1.165) is 16.3 Å². The molecule has 0 unspecified atom stereocenters. The van der Waals surface area contributed by atoms with Gasteiger partial charge in [0, 0.05) is 11.3 Å². The molecule has 96 valence electrons. The van der Waals surface area contributed by atoms with Crippen LogP contribution in [0.15, 0.2) is 41.3 Å². The Hall–Kier alpha value is -1.92. The lowest BCUT2D eigenvalue weighted by molar-refractivity contribution is 0.568. The minimum Gasteiger partial charge on any atom is -0.423 e. The van der Waals surface area contributed by atoms with Crippen LogP contribution in [-0.2, 0) is 6.54 Å². The van der Waals surface area contributed by atoms with E-state index in [1.54, 1.807) is 6.20 Å². The molecule has 0 radical (unpaired) electrons. The van der Waals surface area contributed by atoms with Crippen molar-refractivity contribution in [3.8, 4) is 11.5 Å². The molecule has 0 bridgehead atoms. The zero-order valence-electron chi connectivity index (χ0n) is 9.71. The van der Waals surface area contributed by atoms with Crippen LogP contribution in [0.25, 0.3) is 11.5 Å². The van der Waals surface area contributed by atoms with Crippen LogP contribution in [0, 0.1) is 0 Å². The average molecular weight is 293 g/mol. The Balaban J connectivity index is 1.66. The first-order valence-corrected chi connectivity index (χ1v) is 6.71. The van der Waals surface area contributed by atoms with Crippen molar-refractivity contribution in [1.29, 1.82) is 0 Å². The summed E-state index contributed by atoms with van der Waals surface area (Å²) in [5.74, 6) is 0.512. The minimum absolute atomic E-state index is 0.512. The van der Waals surface area contributed by atoms with Crippen molar-refractivity contribution in [1.82, 2.24) is 15.2 Å². The molecule has 0 saturated heterocycles. The molecular weight excluding hydrogens is 284 g/mol. The van der Waals surface area contributed by atoms with Gasteiger partial charge in [0.1, 0.15) is 9.34 Å². The van der Waals surface area contributed by atoms with Crippen LogP contribution in [0.2, 0.25) is 4.34 Å². The standard InChI is InChI=1S/C12H9ClN4OS/c13-10-5-15-11(19-10)6-14-9-3-1-8(2-4-9)12-17-16-7-18-12/h1-5,7,14H,6H2. The fourth-order valence-corrected chi connectivity index (χ4v) is 2.47. The second-order valence-corrected chi connectivity index (χ2v) is 5.48. The van der Waals surface area contributed by atoms with Gasteiger partial charge in [-0.2, -0.15) is 0 Å². The number of hydrogen-bond acceptors (Lipinski definition) is 6. The SMILES string of the molecule is Clc1cnc(CNc2ccc(-c3nnco3)cc2)s1. The molecule has 7 heteroatoms. The topological polar surface area (TPSA) is 63.8 Å². The van der Waals surface area contributed by atoms with Crippen LogP contribution >= 0.6 is 22.9 Å². The van der Waals surface area contributed by atoms with Crippen molar-refractivity contribution < 1.29 is 4.42 Å². The summed E-state index contributed by atoms with van der Waals surface area (Å²) in [6.07, 6.45) is 2.97. The van der Waals surface area contributed by atoms with E-state index in [9.17, 15) is 0 Å². The van der Waals surface area contributed by atoms with Crippen LogP contribution in [0.3, 0.4) is 0 Å². The van der Waals surface area contributed by atoms with Crippen LogP contribution in [0.4, 0.5) is 5.69 Å². The Bertz CT molecular complexity index is 651. The summed E-state index contributed by atoms with van der Waals surface area (Å²) < 4.78 is 5.82. The van der Waals surface area contributed by atoms with Gasteiger partial charge in [-0.1, -0.05) is 11.6 Å². The second kappa shape index (κ2) is 5.38. The van der Waals surface area contributed by atoms with Gasteiger partial charge in [0.05, 0.1) is 12.7 Å². The van der Waals surface area contributed by atoms with Gasteiger partial charge in [0.15, 0.2) is 0 Å². The first-order valence-electron chi connectivity index (χ1n) is 5.52. The van der Waals surface area contributed by atoms with E-state index in [-0.39, 0.29) is 0 Å². The maximum absolute atomic E-state index is 5.82. The molecule has 2 heterocycles. The second-order valence-electron chi connectivity index (χ2n) is 3.73. The molecule has 2 aromatic heterocycles. The number of thiazole rings is 1. The number of anilines is 1. The highest BCUT2D eigenvalue weighted by Crippen LogP contribution is 2.21. The quantitative estimate of drug-likeness (QED) is 0.798. The van der Waals surface area contributed by atoms with Crippen molar-refractivity contribution in [2.75, 3.05) is 5.32 Å². The van der Waals surface area contributed by atoms with Crippen molar-refractivity contribution in [2.24, 2.45) is 0 Å². The normalized spacial score (nSPS) is 10.6. The van der Waals surface area contributed by atoms with Gasteiger partial charge in [0.2, 0.25) is 12.3 Å². The molecule has 0 fully saturated rings. The number of nitrogens with one attached hydrogen (secondary N) is 1. The van der Waals surface area contributed by atoms with E-state index in [0.29, 0.717) is 16.8 Å². The Kier molecular flexibility index (Phi) is 3.43. The smallest absolute Gasteiger partial charge is 0.247 e. The zero-order chi connectivity index (χ0) is 13.1. The van der Waals surface area contributed by atoms with E-state index in [1.165, 1.54) is 17.7 Å². The van der Waals surface area contributed by atoms with Crippen molar-refractivity contribution >= 4 is 28.6 Å². The van der Waals surface area contributed by atoms with E-state index in [2.05, 4.69) is 20.5 Å². The molecule has 0 aliphatic heterocycles. The molecule has 1 N–H and O–H groups in total. The minimum atomic E-state index is 0.512. The number of nitrogens with zero attached hydrogens (tertiary/aromatic N) is 3. The zero-order valence-corrected chi connectivity index (χ0v) is 11.3. The van der Waals surface area contributed by atoms with Gasteiger partial charge in [-0.25, -0.2) is 4.98 Å². The summed E-state index contributed by atoms with van der Waals surface area (Å²) in [5, 5.41) is 11.7. The summed E-state index contributed by atoms with van der Waals surface area (Å²) in [6, 6.07) is 7.75. The fourth-order valence-electron chi connectivity index (χ4n) is 1.58. The first kappa shape index (κ1) is 12.1. The molecule has 0 saturated carbocycles. The van der Waals surface area contributed by atoms with E-state index < -0.39 is 0 Å². The third-order valence-corrected chi connectivity index (χ3v) is 3.58.